The summed E-state index contributed by atoms with van der Waals surface area (Å²) in [5.41, 5.74) is -1.26. The van der Waals surface area contributed by atoms with E-state index < -0.39 is 30.5 Å². The summed E-state index contributed by atoms with van der Waals surface area (Å²) in [6, 6.07) is 2.73. The molecule has 0 saturated heterocycles. The molecule has 26 heavy (non-hydrogen) atoms. The molecule has 0 heterocycles. The lowest BCUT2D eigenvalue weighted by Crippen LogP contribution is -2.41. The van der Waals surface area contributed by atoms with Crippen molar-refractivity contribution in [2.75, 3.05) is 18.5 Å². The van der Waals surface area contributed by atoms with Gasteiger partial charge in [0.1, 0.15) is 12.4 Å². The molecule has 0 atom stereocenters. The van der Waals surface area contributed by atoms with E-state index in [0.29, 0.717) is 6.07 Å². The van der Waals surface area contributed by atoms with E-state index in [1.54, 1.807) is 13.8 Å². The number of anilines is 1. The molecule has 0 saturated carbocycles. The van der Waals surface area contributed by atoms with Crippen LogP contribution in [0.2, 0.25) is 0 Å². The molecule has 3 N–H and O–H groups in total. The number of alkyl halides is 5. The molecular formula is C15H18F5N3O2S. The highest BCUT2D eigenvalue weighted by molar-refractivity contribution is 7.80. The van der Waals surface area contributed by atoms with Crippen LogP contribution >= 0.6 is 12.2 Å². The minimum Gasteiger partial charge on any atom is -0.487 e. The second-order valence-electron chi connectivity index (χ2n) is 5.44. The average Bonchev–Trinajstić information content (AvgIpc) is 2.50. The molecule has 1 aromatic carbocycles. The van der Waals surface area contributed by atoms with E-state index in [9.17, 15) is 26.7 Å². The molecule has 0 radical (unpaired) electrons. The van der Waals surface area contributed by atoms with Gasteiger partial charge in [-0.2, -0.15) is 13.2 Å². The lowest BCUT2D eigenvalue weighted by atomic mass is 10.1. The normalized spacial score (nSPS) is 11.4. The van der Waals surface area contributed by atoms with Gasteiger partial charge in [-0.1, -0.05) is 0 Å². The number of carbonyl (C=O) groups is 1. The minimum atomic E-state index is -4.80. The summed E-state index contributed by atoms with van der Waals surface area (Å²) in [7, 11) is 0. The molecule has 0 aliphatic carbocycles. The first kappa shape index (κ1) is 21.9. The maximum Gasteiger partial charge on any atom is 0.420 e. The highest BCUT2D eigenvalue weighted by Crippen LogP contribution is 2.38. The van der Waals surface area contributed by atoms with Crippen molar-refractivity contribution in [3.05, 3.63) is 23.8 Å². The SMILES string of the molecule is CC(C)NC(=O)CNC(=S)Nc1ccc(OCC(F)F)c(C(F)(F)F)c1. The molecule has 1 amide bonds. The Bertz CT molecular complexity index is 638. The standard InChI is InChI=1S/C15H18F5N3O2S/c1-8(2)22-13(24)6-21-14(26)23-9-3-4-11(25-7-12(16)17)10(5-9)15(18,19)20/h3-5,8,12H,6-7H2,1-2H3,(H,22,24)(H2,21,23,26). The molecule has 0 aliphatic rings. The van der Waals surface area contributed by atoms with Crippen LogP contribution in [-0.2, 0) is 11.0 Å². The van der Waals surface area contributed by atoms with Crippen LogP contribution < -0.4 is 20.7 Å². The number of carbonyl (C=O) groups excluding carboxylic acids is 1. The molecule has 0 unspecified atom stereocenters. The summed E-state index contributed by atoms with van der Waals surface area (Å²) in [5, 5.41) is 7.57. The average molecular weight is 399 g/mol. The Kier molecular flexibility index (Phi) is 8.00. The van der Waals surface area contributed by atoms with Gasteiger partial charge in [0.15, 0.2) is 5.11 Å². The smallest absolute Gasteiger partial charge is 0.420 e. The van der Waals surface area contributed by atoms with Crippen molar-refractivity contribution in [1.82, 2.24) is 10.6 Å². The fraction of sp³-hybridized carbons (Fsp3) is 0.467. The van der Waals surface area contributed by atoms with Gasteiger partial charge in [-0.05, 0) is 44.3 Å². The van der Waals surface area contributed by atoms with E-state index in [2.05, 4.69) is 20.7 Å². The van der Waals surface area contributed by atoms with Crippen molar-refractivity contribution < 1.29 is 31.5 Å². The van der Waals surface area contributed by atoms with Gasteiger partial charge >= 0.3 is 6.18 Å². The van der Waals surface area contributed by atoms with Crippen LogP contribution in [0.1, 0.15) is 19.4 Å². The van der Waals surface area contributed by atoms with Crippen LogP contribution in [0.3, 0.4) is 0 Å². The highest BCUT2D eigenvalue weighted by Gasteiger charge is 2.35. The number of nitrogens with one attached hydrogen (secondary N) is 3. The summed E-state index contributed by atoms with van der Waals surface area (Å²) in [6.07, 6.45) is -7.70. The zero-order valence-electron chi connectivity index (χ0n) is 13.9. The Morgan fingerprint density at radius 2 is 1.92 bits per heavy atom. The van der Waals surface area contributed by atoms with Gasteiger partial charge in [0.05, 0.1) is 12.1 Å². The predicted molar refractivity (Wildman–Crippen MR) is 90.4 cm³/mol. The number of hydrogen-bond donors (Lipinski definition) is 3. The first-order valence-corrected chi connectivity index (χ1v) is 7.86. The van der Waals surface area contributed by atoms with Crippen molar-refractivity contribution in [3.63, 3.8) is 0 Å². The first-order valence-electron chi connectivity index (χ1n) is 7.45. The second-order valence-corrected chi connectivity index (χ2v) is 5.85. The fourth-order valence-corrected chi connectivity index (χ4v) is 2.01. The molecule has 146 valence electrons. The van der Waals surface area contributed by atoms with E-state index in [1.165, 1.54) is 6.07 Å². The van der Waals surface area contributed by atoms with Crippen LogP contribution in [0.15, 0.2) is 18.2 Å². The molecule has 0 aromatic heterocycles. The number of halogens is 5. The van der Waals surface area contributed by atoms with Crippen LogP contribution in [0.4, 0.5) is 27.6 Å². The zero-order chi connectivity index (χ0) is 19.9. The van der Waals surface area contributed by atoms with Gasteiger partial charge < -0.3 is 20.7 Å². The summed E-state index contributed by atoms with van der Waals surface area (Å²) in [5.74, 6) is -1.05. The van der Waals surface area contributed by atoms with Gasteiger partial charge in [0.25, 0.3) is 6.43 Å². The Balaban J connectivity index is 2.78. The zero-order valence-corrected chi connectivity index (χ0v) is 14.7. The third kappa shape index (κ3) is 7.81. The third-order valence-electron chi connectivity index (χ3n) is 2.77. The molecule has 1 rings (SSSR count). The van der Waals surface area contributed by atoms with Crippen molar-refractivity contribution in [3.8, 4) is 5.75 Å². The molecule has 0 bridgehead atoms. The van der Waals surface area contributed by atoms with Crippen molar-refractivity contribution >= 4 is 28.9 Å². The van der Waals surface area contributed by atoms with Gasteiger partial charge in [-0.25, -0.2) is 8.78 Å². The largest absolute Gasteiger partial charge is 0.487 e. The quantitative estimate of drug-likeness (QED) is 0.486. The molecule has 0 spiro atoms. The van der Waals surface area contributed by atoms with Gasteiger partial charge in [-0.15, -0.1) is 0 Å². The number of hydrogen-bond acceptors (Lipinski definition) is 3. The predicted octanol–water partition coefficient (Wildman–Crippen LogP) is 3.16. The number of benzene rings is 1. The summed E-state index contributed by atoms with van der Waals surface area (Å²) in [6.45, 7) is 2.22. The lowest BCUT2D eigenvalue weighted by molar-refractivity contribution is -0.139. The maximum absolute atomic E-state index is 13.1. The Morgan fingerprint density at radius 3 is 2.46 bits per heavy atom. The van der Waals surface area contributed by atoms with Crippen LogP contribution in [0.25, 0.3) is 0 Å². The summed E-state index contributed by atoms with van der Waals surface area (Å²) >= 11 is 4.91. The van der Waals surface area contributed by atoms with Crippen molar-refractivity contribution in [2.45, 2.75) is 32.5 Å². The molecule has 5 nitrogen and oxygen atoms in total. The molecule has 0 aliphatic heterocycles. The van der Waals surface area contributed by atoms with E-state index in [0.717, 1.165) is 6.07 Å². The maximum atomic E-state index is 13.1. The first-order chi connectivity index (χ1) is 12.0. The third-order valence-corrected chi connectivity index (χ3v) is 3.01. The lowest BCUT2D eigenvalue weighted by Gasteiger charge is -2.16. The summed E-state index contributed by atoms with van der Waals surface area (Å²) in [4.78, 5) is 11.5. The number of rotatable bonds is 7. The minimum absolute atomic E-state index is 0.0384. The highest BCUT2D eigenvalue weighted by atomic mass is 32.1. The molecular weight excluding hydrogens is 381 g/mol. The van der Waals surface area contributed by atoms with E-state index >= 15 is 0 Å². The Labute approximate surface area is 152 Å². The number of amides is 1. The van der Waals surface area contributed by atoms with E-state index in [1.807, 2.05) is 0 Å². The van der Waals surface area contributed by atoms with E-state index in [-0.39, 0.29) is 29.3 Å². The van der Waals surface area contributed by atoms with Crippen molar-refractivity contribution in [2.24, 2.45) is 0 Å². The molecule has 1 aromatic rings. The van der Waals surface area contributed by atoms with E-state index in [4.69, 9.17) is 12.2 Å². The topological polar surface area (TPSA) is 62.4 Å². The molecule has 11 heteroatoms. The van der Waals surface area contributed by atoms with Gasteiger partial charge in [0.2, 0.25) is 5.91 Å². The Hall–Kier alpha value is -2.17. The van der Waals surface area contributed by atoms with Crippen LogP contribution in [-0.4, -0.2) is 36.6 Å². The monoisotopic (exact) mass is 399 g/mol. The molecule has 0 fully saturated rings. The van der Waals surface area contributed by atoms with Crippen LogP contribution in [0, 0.1) is 0 Å². The van der Waals surface area contributed by atoms with Gasteiger partial charge in [-0.3, -0.25) is 4.79 Å². The summed E-state index contributed by atoms with van der Waals surface area (Å²) < 4.78 is 68.0. The van der Waals surface area contributed by atoms with Gasteiger partial charge in [0, 0.05) is 11.7 Å². The Morgan fingerprint density at radius 1 is 1.27 bits per heavy atom. The fourth-order valence-electron chi connectivity index (χ4n) is 1.82. The number of thiocarbonyl (C=S) groups is 1. The van der Waals surface area contributed by atoms with Crippen molar-refractivity contribution in [1.29, 1.82) is 0 Å². The van der Waals surface area contributed by atoms with Crippen LogP contribution in [0.5, 0.6) is 5.75 Å². The number of ether oxygens (including phenoxy) is 1. The second kappa shape index (κ2) is 9.51.